The summed E-state index contributed by atoms with van der Waals surface area (Å²) < 4.78 is 0. The molecule has 4 aliphatic rings. The number of amides is 1. The van der Waals surface area contributed by atoms with Crippen LogP contribution < -0.4 is 5.32 Å². The van der Waals surface area contributed by atoms with Crippen LogP contribution in [0.2, 0.25) is 0 Å². The van der Waals surface area contributed by atoms with Crippen molar-refractivity contribution in [1.82, 2.24) is 15.1 Å². The van der Waals surface area contributed by atoms with Crippen molar-refractivity contribution in [1.29, 1.82) is 0 Å². The summed E-state index contributed by atoms with van der Waals surface area (Å²) in [6.45, 7) is 7.64. The SMILES string of the molecule is Cl.Cl.O=C(C1CC12CCNCC2)N1CCN(CC2CCCCC2)CC1. The third kappa shape index (κ3) is 4.82. The van der Waals surface area contributed by atoms with Gasteiger partial charge in [-0.05, 0) is 56.5 Å². The molecule has 4 rings (SSSR count). The molecule has 2 saturated heterocycles. The highest BCUT2D eigenvalue weighted by Gasteiger charge is 2.58. The van der Waals surface area contributed by atoms with Gasteiger partial charge < -0.3 is 10.2 Å². The number of piperidine rings is 1. The molecule has 1 unspecified atom stereocenters. The molecular weight excluding hydrogens is 357 g/mol. The molecule has 1 atom stereocenters. The molecule has 0 radical (unpaired) electrons. The molecule has 2 aliphatic carbocycles. The van der Waals surface area contributed by atoms with E-state index in [0.29, 0.717) is 17.2 Å². The van der Waals surface area contributed by atoms with Crippen LogP contribution in [0.3, 0.4) is 0 Å². The fourth-order valence-corrected chi connectivity index (χ4v) is 5.28. The lowest BCUT2D eigenvalue weighted by molar-refractivity contribution is -0.135. The van der Waals surface area contributed by atoms with Crippen molar-refractivity contribution in [3.8, 4) is 0 Å². The van der Waals surface area contributed by atoms with Gasteiger partial charge in [-0.2, -0.15) is 0 Å². The van der Waals surface area contributed by atoms with Crippen molar-refractivity contribution in [3.63, 3.8) is 0 Å². The van der Waals surface area contributed by atoms with Gasteiger partial charge in [-0.15, -0.1) is 24.8 Å². The number of nitrogens with zero attached hydrogens (tertiary/aromatic N) is 2. The molecule has 2 saturated carbocycles. The molecule has 146 valence electrons. The topological polar surface area (TPSA) is 35.6 Å². The molecule has 0 bridgehead atoms. The average Bonchev–Trinajstić information content (AvgIpc) is 3.29. The Labute approximate surface area is 165 Å². The van der Waals surface area contributed by atoms with Gasteiger partial charge in [0.1, 0.15) is 0 Å². The van der Waals surface area contributed by atoms with E-state index in [1.165, 1.54) is 51.5 Å². The highest BCUT2D eigenvalue weighted by atomic mass is 35.5. The lowest BCUT2D eigenvalue weighted by Gasteiger charge is -2.37. The van der Waals surface area contributed by atoms with Gasteiger partial charge in [-0.25, -0.2) is 0 Å². The predicted octanol–water partition coefficient (Wildman–Crippen LogP) is 2.94. The highest BCUT2D eigenvalue weighted by Crippen LogP contribution is 2.59. The van der Waals surface area contributed by atoms with E-state index in [9.17, 15) is 4.79 Å². The maximum atomic E-state index is 12.8. The number of carbonyl (C=O) groups is 1. The second kappa shape index (κ2) is 9.25. The highest BCUT2D eigenvalue weighted by molar-refractivity contribution is 5.85. The Morgan fingerprint density at radius 1 is 0.960 bits per heavy atom. The first-order valence-corrected chi connectivity index (χ1v) is 9.99. The lowest BCUT2D eigenvalue weighted by atomic mass is 9.89. The van der Waals surface area contributed by atoms with Gasteiger partial charge in [0.2, 0.25) is 5.91 Å². The first-order chi connectivity index (χ1) is 11.3. The number of rotatable bonds is 3. The molecule has 2 aliphatic heterocycles. The minimum absolute atomic E-state index is 0. The number of halogens is 2. The first kappa shape index (κ1) is 21.3. The fourth-order valence-electron chi connectivity index (χ4n) is 5.28. The predicted molar refractivity (Wildman–Crippen MR) is 107 cm³/mol. The fraction of sp³-hybridized carbons (Fsp3) is 0.947. The van der Waals surface area contributed by atoms with Crippen LogP contribution in [0.25, 0.3) is 0 Å². The molecule has 1 N–H and O–H groups in total. The zero-order chi connectivity index (χ0) is 15.7. The Morgan fingerprint density at radius 2 is 1.60 bits per heavy atom. The summed E-state index contributed by atoms with van der Waals surface area (Å²) in [5, 5.41) is 3.43. The van der Waals surface area contributed by atoms with Crippen LogP contribution in [-0.4, -0.2) is 61.5 Å². The molecule has 2 heterocycles. The standard InChI is InChI=1S/C19H33N3O.2ClH/c23-18(17-14-19(17)6-8-20-9-7-19)22-12-10-21(11-13-22)15-16-4-2-1-3-5-16;;/h16-17,20H,1-15H2;2*1H. The van der Waals surface area contributed by atoms with Crippen molar-refractivity contribution >= 4 is 30.7 Å². The molecule has 1 spiro atoms. The molecule has 6 heteroatoms. The summed E-state index contributed by atoms with van der Waals surface area (Å²) in [6, 6.07) is 0. The van der Waals surface area contributed by atoms with E-state index in [2.05, 4.69) is 15.1 Å². The first-order valence-electron chi connectivity index (χ1n) is 9.99. The number of carbonyl (C=O) groups excluding carboxylic acids is 1. The molecule has 4 fully saturated rings. The van der Waals surface area contributed by atoms with Gasteiger partial charge in [-0.1, -0.05) is 19.3 Å². The van der Waals surface area contributed by atoms with Crippen LogP contribution in [0, 0.1) is 17.3 Å². The zero-order valence-corrected chi connectivity index (χ0v) is 17.0. The van der Waals surface area contributed by atoms with Crippen molar-refractivity contribution in [2.45, 2.75) is 51.4 Å². The van der Waals surface area contributed by atoms with Gasteiger partial charge in [0.05, 0.1) is 0 Å². The van der Waals surface area contributed by atoms with E-state index in [1.807, 2.05) is 0 Å². The van der Waals surface area contributed by atoms with E-state index >= 15 is 0 Å². The van der Waals surface area contributed by atoms with Crippen LogP contribution in [0.5, 0.6) is 0 Å². The summed E-state index contributed by atoms with van der Waals surface area (Å²) >= 11 is 0. The molecule has 0 aromatic rings. The van der Waals surface area contributed by atoms with Gasteiger partial charge in [-0.3, -0.25) is 9.69 Å². The number of nitrogens with one attached hydrogen (secondary N) is 1. The van der Waals surface area contributed by atoms with Crippen LogP contribution in [-0.2, 0) is 4.79 Å². The monoisotopic (exact) mass is 391 g/mol. The molecular formula is C19H35Cl2N3O. The number of piperazine rings is 1. The van der Waals surface area contributed by atoms with E-state index < -0.39 is 0 Å². The van der Waals surface area contributed by atoms with Crippen LogP contribution in [0.1, 0.15) is 51.4 Å². The Kier molecular flexibility index (Phi) is 7.87. The smallest absolute Gasteiger partial charge is 0.226 e. The second-order valence-corrected chi connectivity index (χ2v) is 8.50. The summed E-state index contributed by atoms with van der Waals surface area (Å²) in [5.41, 5.74) is 0.390. The zero-order valence-electron chi connectivity index (χ0n) is 15.4. The molecule has 25 heavy (non-hydrogen) atoms. The van der Waals surface area contributed by atoms with Crippen molar-refractivity contribution in [3.05, 3.63) is 0 Å². The summed E-state index contributed by atoms with van der Waals surface area (Å²) in [4.78, 5) is 17.6. The van der Waals surface area contributed by atoms with E-state index in [1.54, 1.807) is 0 Å². The minimum Gasteiger partial charge on any atom is -0.340 e. The van der Waals surface area contributed by atoms with Gasteiger partial charge in [0, 0.05) is 38.6 Å². The lowest BCUT2D eigenvalue weighted by Crippen LogP contribution is -2.50. The van der Waals surface area contributed by atoms with Gasteiger partial charge in [0.15, 0.2) is 0 Å². The Bertz CT molecular complexity index is 428. The van der Waals surface area contributed by atoms with E-state index in [-0.39, 0.29) is 24.8 Å². The van der Waals surface area contributed by atoms with Crippen LogP contribution in [0.4, 0.5) is 0 Å². The summed E-state index contributed by atoms with van der Waals surface area (Å²) in [5.74, 6) is 1.76. The molecule has 0 aromatic heterocycles. The van der Waals surface area contributed by atoms with Gasteiger partial charge in [0.25, 0.3) is 0 Å². The third-order valence-electron chi connectivity index (χ3n) is 7.01. The van der Waals surface area contributed by atoms with Crippen molar-refractivity contribution in [2.75, 3.05) is 45.8 Å². The molecule has 4 nitrogen and oxygen atoms in total. The maximum Gasteiger partial charge on any atom is 0.226 e. The summed E-state index contributed by atoms with van der Waals surface area (Å²) in [6.07, 6.45) is 10.8. The normalized spacial score (nSPS) is 29.6. The second-order valence-electron chi connectivity index (χ2n) is 8.50. The molecule has 0 aromatic carbocycles. The Hall–Kier alpha value is -0.0300. The average molecular weight is 392 g/mol. The largest absolute Gasteiger partial charge is 0.340 e. The number of hydrogen-bond acceptors (Lipinski definition) is 3. The van der Waals surface area contributed by atoms with Gasteiger partial charge >= 0.3 is 0 Å². The third-order valence-corrected chi connectivity index (χ3v) is 7.01. The van der Waals surface area contributed by atoms with Crippen LogP contribution >= 0.6 is 24.8 Å². The minimum atomic E-state index is 0. The maximum absolute atomic E-state index is 12.8. The van der Waals surface area contributed by atoms with E-state index in [4.69, 9.17) is 0 Å². The number of hydrogen-bond donors (Lipinski definition) is 1. The Morgan fingerprint density at radius 3 is 2.24 bits per heavy atom. The molecule has 1 amide bonds. The van der Waals surface area contributed by atoms with Crippen molar-refractivity contribution in [2.24, 2.45) is 17.3 Å². The van der Waals surface area contributed by atoms with Crippen LogP contribution in [0.15, 0.2) is 0 Å². The van der Waals surface area contributed by atoms with E-state index in [0.717, 1.165) is 51.6 Å². The van der Waals surface area contributed by atoms with Crippen molar-refractivity contribution < 1.29 is 4.79 Å². The summed E-state index contributed by atoms with van der Waals surface area (Å²) in [7, 11) is 0. The quantitative estimate of drug-likeness (QED) is 0.802. The Balaban J connectivity index is 0.00000113.